The van der Waals surface area contributed by atoms with Crippen LogP contribution in [0.25, 0.3) is 0 Å². The average molecular weight is 346 g/mol. The van der Waals surface area contributed by atoms with Gasteiger partial charge in [-0.1, -0.05) is 24.3 Å². The standard InChI is InChI=1S/C19H23FN2O3/c1-22(13-15-7-9-16(20)10-8-15)14-19(23)21-11-12-25-18-6-4-3-5-17(18)24-2/h3-10H,11-14H2,1-2H3,(H,21,23). The van der Waals surface area contributed by atoms with Crippen LogP contribution in [-0.4, -0.2) is 44.7 Å². The van der Waals surface area contributed by atoms with Gasteiger partial charge in [0, 0.05) is 6.54 Å². The lowest BCUT2D eigenvalue weighted by molar-refractivity contribution is -0.122. The number of para-hydroxylation sites is 2. The number of ether oxygens (including phenoxy) is 2. The number of benzene rings is 2. The number of methoxy groups -OCH3 is 1. The van der Waals surface area contributed by atoms with Crippen molar-refractivity contribution in [2.45, 2.75) is 6.54 Å². The minimum absolute atomic E-state index is 0.0896. The van der Waals surface area contributed by atoms with Crippen molar-refractivity contribution in [3.8, 4) is 11.5 Å². The third-order valence-electron chi connectivity index (χ3n) is 3.53. The fraction of sp³-hybridized carbons (Fsp3) is 0.316. The average Bonchev–Trinajstić information content (AvgIpc) is 2.61. The Morgan fingerprint density at radius 2 is 1.80 bits per heavy atom. The normalized spacial score (nSPS) is 10.6. The van der Waals surface area contributed by atoms with Crippen molar-refractivity contribution < 1.29 is 18.7 Å². The Hall–Kier alpha value is -2.60. The monoisotopic (exact) mass is 346 g/mol. The van der Waals surface area contributed by atoms with E-state index in [2.05, 4.69) is 5.32 Å². The molecule has 134 valence electrons. The summed E-state index contributed by atoms with van der Waals surface area (Å²) in [4.78, 5) is 13.8. The second kappa shape index (κ2) is 9.64. The summed E-state index contributed by atoms with van der Waals surface area (Å²) in [6.07, 6.45) is 0. The maximum absolute atomic E-state index is 12.9. The Balaban J connectivity index is 1.67. The first-order chi connectivity index (χ1) is 12.1. The molecular weight excluding hydrogens is 323 g/mol. The second-order valence-electron chi connectivity index (χ2n) is 5.65. The summed E-state index contributed by atoms with van der Waals surface area (Å²) in [7, 11) is 3.43. The number of rotatable bonds is 9. The minimum Gasteiger partial charge on any atom is -0.493 e. The van der Waals surface area contributed by atoms with Gasteiger partial charge >= 0.3 is 0 Å². The van der Waals surface area contributed by atoms with Gasteiger partial charge in [0.05, 0.1) is 20.2 Å². The molecule has 25 heavy (non-hydrogen) atoms. The molecule has 2 rings (SSSR count). The van der Waals surface area contributed by atoms with Gasteiger partial charge in [-0.25, -0.2) is 4.39 Å². The van der Waals surface area contributed by atoms with Crippen LogP contribution in [0.2, 0.25) is 0 Å². The first-order valence-corrected chi connectivity index (χ1v) is 8.04. The van der Waals surface area contributed by atoms with Crippen molar-refractivity contribution in [3.05, 3.63) is 59.9 Å². The Kier molecular flexibility index (Phi) is 7.22. The molecule has 0 aliphatic carbocycles. The third-order valence-corrected chi connectivity index (χ3v) is 3.53. The highest BCUT2D eigenvalue weighted by Gasteiger charge is 2.07. The van der Waals surface area contributed by atoms with Crippen LogP contribution in [0.3, 0.4) is 0 Å². The van der Waals surface area contributed by atoms with E-state index in [1.807, 2.05) is 36.2 Å². The van der Waals surface area contributed by atoms with E-state index in [9.17, 15) is 9.18 Å². The Morgan fingerprint density at radius 3 is 2.48 bits per heavy atom. The van der Waals surface area contributed by atoms with E-state index in [-0.39, 0.29) is 18.3 Å². The molecule has 1 amide bonds. The van der Waals surface area contributed by atoms with Gasteiger partial charge in [-0.05, 0) is 36.9 Å². The van der Waals surface area contributed by atoms with Gasteiger partial charge in [-0.15, -0.1) is 0 Å². The maximum atomic E-state index is 12.9. The van der Waals surface area contributed by atoms with Crippen LogP contribution in [0.1, 0.15) is 5.56 Å². The van der Waals surface area contributed by atoms with Crippen molar-refractivity contribution in [1.82, 2.24) is 10.2 Å². The van der Waals surface area contributed by atoms with Crippen molar-refractivity contribution in [3.63, 3.8) is 0 Å². The van der Waals surface area contributed by atoms with Gasteiger partial charge in [0.2, 0.25) is 5.91 Å². The van der Waals surface area contributed by atoms with Crippen LogP contribution >= 0.6 is 0 Å². The number of halogens is 1. The minimum atomic E-state index is -0.265. The number of carbonyl (C=O) groups excluding carboxylic acids is 1. The molecular formula is C19H23FN2O3. The molecule has 5 nitrogen and oxygen atoms in total. The van der Waals surface area contributed by atoms with Crippen molar-refractivity contribution in [2.24, 2.45) is 0 Å². The summed E-state index contributed by atoms with van der Waals surface area (Å²) in [5.41, 5.74) is 0.955. The van der Waals surface area contributed by atoms with Crippen LogP contribution in [0, 0.1) is 5.82 Å². The summed E-state index contributed by atoms with van der Waals surface area (Å²) in [6.45, 7) is 1.59. The molecule has 1 N–H and O–H groups in total. The van der Waals surface area contributed by atoms with E-state index in [0.29, 0.717) is 31.2 Å². The quantitative estimate of drug-likeness (QED) is 0.709. The smallest absolute Gasteiger partial charge is 0.234 e. The van der Waals surface area contributed by atoms with Crippen LogP contribution < -0.4 is 14.8 Å². The molecule has 0 atom stereocenters. The number of hydrogen-bond acceptors (Lipinski definition) is 4. The van der Waals surface area contributed by atoms with Crippen molar-refractivity contribution in [1.29, 1.82) is 0 Å². The molecule has 2 aromatic rings. The SMILES string of the molecule is COc1ccccc1OCCNC(=O)CN(C)Cc1ccc(F)cc1. The van der Waals surface area contributed by atoms with Crippen molar-refractivity contribution >= 4 is 5.91 Å². The van der Waals surface area contributed by atoms with Gasteiger partial charge in [-0.2, -0.15) is 0 Å². The van der Waals surface area contributed by atoms with Crippen LogP contribution in [-0.2, 0) is 11.3 Å². The molecule has 0 aromatic heterocycles. The zero-order valence-corrected chi connectivity index (χ0v) is 14.5. The number of nitrogens with one attached hydrogen (secondary N) is 1. The molecule has 0 bridgehead atoms. The highest BCUT2D eigenvalue weighted by Crippen LogP contribution is 2.25. The second-order valence-corrected chi connectivity index (χ2v) is 5.65. The van der Waals surface area contributed by atoms with Gasteiger partial charge in [-0.3, -0.25) is 9.69 Å². The zero-order valence-electron chi connectivity index (χ0n) is 14.5. The Bertz CT molecular complexity index is 677. The number of hydrogen-bond donors (Lipinski definition) is 1. The number of amides is 1. The fourth-order valence-electron chi connectivity index (χ4n) is 2.35. The number of carbonyl (C=O) groups is 1. The Morgan fingerprint density at radius 1 is 1.12 bits per heavy atom. The molecule has 0 spiro atoms. The third kappa shape index (κ3) is 6.43. The topological polar surface area (TPSA) is 50.8 Å². The molecule has 0 radical (unpaired) electrons. The summed E-state index contributed by atoms with van der Waals surface area (Å²) in [6, 6.07) is 13.6. The van der Waals surface area contributed by atoms with Crippen LogP contribution in [0.4, 0.5) is 4.39 Å². The van der Waals surface area contributed by atoms with Crippen LogP contribution in [0.15, 0.2) is 48.5 Å². The maximum Gasteiger partial charge on any atom is 0.234 e. The lowest BCUT2D eigenvalue weighted by atomic mass is 10.2. The highest BCUT2D eigenvalue weighted by atomic mass is 19.1. The summed E-state index contributed by atoms with van der Waals surface area (Å²) >= 11 is 0. The molecule has 0 aliphatic heterocycles. The van der Waals surface area contributed by atoms with E-state index in [4.69, 9.17) is 9.47 Å². The molecule has 0 saturated carbocycles. The first kappa shape index (κ1) is 18.7. The first-order valence-electron chi connectivity index (χ1n) is 8.04. The molecule has 0 unspecified atom stereocenters. The van der Waals surface area contributed by atoms with Gasteiger partial charge in [0.1, 0.15) is 12.4 Å². The molecule has 0 saturated heterocycles. The molecule has 0 fully saturated rings. The van der Waals surface area contributed by atoms with Gasteiger partial charge in [0.25, 0.3) is 0 Å². The number of nitrogens with zero attached hydrogens (tertiary/aromatic N) is 1. The van der Waals surface area contributed by atoms with Gasteiger partial charge < -0.3 is 14.8 Å². The fourth-order valence-corrected chi connectivity index (χ4v) is 2.35. The molecule has 2 aromatic carbocycles. The predicted molar refractivity (Wildman–Crippen MR) is 94.2 cm³/mol. The van der Waals surface area contributed by atoms with E-state index >= 15 is 0 Å². The molecule has 0 aliphatic rings. The summed E-state index contributed by atoms with van der Waals surface area (Å²) in [5.74, 6) is 0.952. The van der Waals surface area contributed by atoms with Gasteiger partial charge in [0.15, 0.2) is 11.5 Å². The summed E-state index contributed by atoms with van der Waals surface area (Å²) < 4.78 is 23.7. The van der Waals surface area contributed by atoms with E-state index in [1.54, 1.807) is 19.2 Å². The Labute approximate surface area is 147 Å². The lowest BCUT2D eigenvalue weighted by Gasteiger charge is -2.16. The zero-order chi connectivity index (χ0) is 18.1. The summed E-state index contributed by atoms with van der Waals surface area (Å²) in [5, 5.41) is 2.81. The predicted octanol–water partition coefficient (Wildman–Crippen LogP) is 2.46. The largest absolute Gasteiger partial charge is 0.493 e. The van der Waals surface area contributed by atoms with E-state index in [1.165, 1.54) is 12.1 Å². The molecule has 6 heteroatoms. The lowest BCUT2D eigenvalue weighted by Crippen LogP contribution is -2.36. The van der Waals surface area contributed by atoms with E-state index < -0.39 is 0 Å². The highest BCUT2D eigenvalue weighted by molar-refractivity contribution is 5.77. The molecule has 0 heterocycles. The number of likely N-dealkylation sites (N-methyl/N-ethyl adjacent to an activating group) is 1. The van der Waals surface area contributed by atoms with Crippen LogP contribution in [0.5, 0.6) is 11.5 Å². The van der Waals surface area contributed by atoms with E-state index in [0.717, 1.165) is 5.56 Å². The van der Waals surface area contributed by atoms with Crippen molar-refractivity contribution in [2.75, 3.05) is 33.9 Å².